The fraction of sp³-hybridized carbons (Fsp3) is 0.706. The number of nitrogens with one attached hydrogen (secondary N) is 2. The second kappa shape index (κ2) is 7.25. The number of rotatable bonds is 5. The minimum absolute atomic E-state index is 0.342. The lowest BCUT2D eigenvalue weighted by molar-refractivity contribution is 0.151. The van der Waals surface area contributed by atoms with Gasteiger partial charge in [-0.15, -0.1) is 11.3 Å². The highest BCUT2D eigenvalue weighted by atomic mass is 32.2. The Kier molecular flexibility index (Phi) is 5.41. The highest BCUT2D eigenvalue weighted by Crippen LogP contribution is 2.47. The van der Waals surface area contributed by atoms with Crippen molar-refractivity contribution >= 4 is 27.3 Å². The molecule has 2 heterocycles. The molecule has 2 fully saturated rings. The maximum Gasteiger partial charge on any atom is 0.241 e. The van der Waals surface area contributed by atoms with Gasteiger partial charge in [0.1, 0.15) is 0 Å². The molecule has 1 spiro atoms. The largest absolute Gasteiger partial charge is 0.355 e. The molecule has 25 heavy (non-hydrogen) atoms. The number of aryl methyl sites for hydroxylation is 2. The van der Waals surface area contributed by atoms with Gasteiger partial charge < -0.3 is 10.2 Å². The Morgan fingerprint density at radius 2 is 2.08 bits per heavy atom. The molecule has 0 radical (unpaired) electrons. The minimum Gasteiger partial charge on any atom is -0.355 e. The summed E-state index contributed by atoms with van der Waals surface area (Å²) in [6.45, 7) is 6.75. The topological polar surface area (TPSA) is 73.8 Å². The van der Waals surface area contributed by atoms with Crippen LogP contribution in [-0.4, -0.2) is 52.5 Å². The van der Waals surface area contributed by atoms with Crippen LogP contribution < -0.4 is 10.0 Å². The summed E-state index contributed by atoms with van der Waals surface area (Å²) in [6.07, 6.45) is 5.26. The van der Waals surface area contributed by atoms with Gasteiger partial charge in [0.15, 0.2) is 5.96 Å². The lowest BCUT2D eigenvalue weighted by Crippen LogP contribution is -2.44. The zero-order valence-electron chi connectivity index (χ0n) is 15.3. The van der Waals surface area contributed by atoms with Crippen molar-refractivity contribution < 1.29 is 8.42 Å². The van der Waals surface area contributed by atoms with E-state index in [0.29, 0.717) is 23.4 Å². The average molecular weight is 385 g/mol. The van der Waals surface area contributed by atoms with Crippen molar-refractivity contribution in [2.24, 2.45) is 10.4 Å². The molecule has 8 heteroatoms. The van der Waals surface area contributed by atoms with Crippen molar-refractivity contribution in [2.45, 2.75) is 44.4 Å². The van der Waals surface area contributed by atoms with Gasteiger partial charge in [-0.3, -0.25) is 4.99 Å². The van der Waals surface area contributed by atoms with Gasteiger partial charge in [-0.2, -0.15) is 0 Å². The van der Waals surface area contributed by atoms with Crippen LogP contribution in [0.2, 0.25) is 0 Å². The van der Waals surface area contributed by atoms with Crippen LogP contribution in [0, 0.1) is 19.3 Å². The number of hydrogen-bond acceptors (Lipinski definition) is 4. The van der Waals surface area contributed by atoms with Crippen molar-refractivity contribution in [3.63, 3.8) is 0 Å². The van der Waals surface area contributed by atoms with Crippen molar-refractivity contribution in [2.75, 3.05) is 33.2 Å². The molecule has 2 N–H and O–H groups in total. The summed E-state index contributed by atoms with van der Waals surface area (Å²) in [7, 11) is -1.65. The molecular weight excluding hydrogens is 356 g/mol. The van der Waals surface area contributed by atoms with Crippen LogP contribution in [0.4, 0.5) is 0 Å². The van der Waals surface area contributed by atoms with Crippen LogP contribution >= 0.6 is 11.3 Å². The standard InChI is InChI=1S/C17H28N4O2S2/c1-13-11-15(14(2)24-13)25(22,23)20-9-8-19-16(18-3)21-10-7-17(12-21)5-4-6-17/h11,20H,4-10,12H2,1-3H3,(H,18,19). The van der Waals surface area contributed by atoms with E-state index in [1.54, 1.807) is 13.1 Å². The molecule has 140 valence electrons. The summed E-state index contributed by atoms with van der Waals surface area (Å²) in [5.41, 5.74) is 0.521. The Bertz CT molecular complexity index is 751. The number of sulfonamides is 1. The minimum atomic E-state index is -3.44. The van der Waals surface area contributed by atoms with Gasteiger partial charge in [-0.25, -0.2) is 13.1 Å². The van der Waals surface area contributed by atoms with E-state index in [0.717, 1.165) is 28.8 Å². The van der Waals surface area contributed by atoms with Crippen LogP contribution in [0.25, 0.3) is 0 Å². The predicted octanol–water partition coefficient (Wildman–Crippen LogP) is 2.09. The Morgan fingerprint density at radius 3 is 2.60 bits per heavy atom. The van der Waals surface area contributed by atoms with E-state index in [4.69, 9.17) is 0 Å². The van der Waals surface area contributed by atoms with E-state index in [9.17, 15) is 8.42 Å². The number of thiophene rings is 1. The van der Waals surface area contributed by atoms with Crippen LogP contribution in [-0.2, 0) is 10.0 Å². The number of likely N-dealkylation sites (tertiary alicyclic amines) is 1. The SMILES string of the molecule is CN=C(NCCNS(=O)(=O)c1cc(C)sc1C)N1CCC2(CCC2)C1. The fourth-order valence-electron chi connectivity index (χ4n) is 3.84. The third-order valence-electron chi connectivity index (χ3n) is 5.35. The molecule has 1 aliphatic heterocycles. The summed E-state index contributed by atoms with van der Waals surface area (Å²) in [6, 6.07) is 1.73. The number of nitrogens with zero attached hydrogens (tertiary/aromatic N) is 2. The Hall–Kier alpha value is -1.12. The number of aliphatic imine (C=N–C) groups is 1. The van der Waals surface area contributed by atoms with Gasteiger partial charge in [-0.05, 0) is 44.6 Å². The summed E-state index contributed by atoms with van der Waals surface area (Å²) in [5, 5.41) is 3.29. The highest BCUT2D eigenvalue weighted by Gasteiger charge is 2.43. The molecule has 2 aliphatic rings. The molecule has 1 saturated carbocycles. The third kappa shape index (κ3) is 4.01. The quantitative estimate of drug-likeness (QED) is 0.463. The lowest BCUT2D eigenvalue weighted by atomic mass is 9.68. The highest BCUT2D eigenvalue weighted by molar-refractivity contribution is 7.89. The van der Waals surface area contributed by atoms with Crippen LogP contribution in [0.5, 0.6) is 0 Å². The Labute approximate surface area is 154 Å². The zero-order valence-corrected chi connectivity index (χ0v) is 16.9. The van der Waals surface area contributed by atoms with Gasteiger partial charge in [0, 0.05) is 43.0 Å². The van der Waals surface area contributed by atoms with E-state index in [1.165, 1.54) is 37.0 Å². The first-order chi connectivity index (χ1) is 11.9. The smallest absolute Gasteiger partial charge is 0.241 e. The molecule has 1 aromatic rings. The van der Waals surface area contributed by atoms with Gasteiger partial charge in [0.25, 0.3) is 0 Å². The summed E-state index contributed by atoms with van der Waals surface area (Å²) < 4.78 is 27.5. The molecular formula is C17H28N4O2S2. The first-order valence-electron chi connectivity index (χ1n) is 8.88. The maximum absolute atomic E-state index is 12.4. The van der Waals surface area contributed by atoms with E-state index >= 15 is 0 Å². The molecule has 0 atom stereocenters. The zero-order chi connectivity index (χ0) is 18.1. The van der Waals surface area contributed by atoms with E-state index < -0.39 is 10.0 Å². The van der Waals surface area contributed by atoms with Gasteiger partial charge in [0.2, 0.25) is 10.0 Å². The van der Waals surface area contributed by atoms with Crippen LogP contribution in [0.15, 0.2) is 16.0 Å². The Balaban J connectivity index is 1.48. The van der Waals surface area contributed by atoms with Gasteiger partial charge in [0.05, 0.1) is 4.90 Å². The van der Waals surface area contributed by atoms with E-state index in [2.05, 4.69) is 19.9 Å². The van der Waals surface area contributed by atoms with Gasteiger partial charge in [-0.1, -0.05) is 6.42 Å². The summed E-state index contributed by atoms with van der Waals surface area (Å²) >= 11 is 1.51. The number of hydrogen-bond donors (Lipinski definition) is 2. The van der Waals surface area contributed by atoms with Crippen molar-refractivity contribution in [3.05, 3.63) is 15.8 Å². The van der Waals surface area contributed by atoms with Crippen LogP contribution in [0.3, 0.4) is 0 Å². The van der Waals surface area contributed by atoms with Crippen molar-refractivity contribution in [3.8, 4) is 0 Å². The molecule has 6 nitrogen and oxygen atoms in total. The first-order valence-corrected chi connectivity index (χ1v) is 11.2. The number of guanidine groups is 1. The Morgan fingerprint density at radius 1 is 1.32 bits per heavy atom. The second-order valence-corrected chi connectivity index (χ2v) is 10.4. The van der Waals surface area contributed by atoms with Gasteiger partial charge >= 0.3 is 0 Å². The predicted molar refractivity (Wildman–Crippen MR) is 103 cm³/mol. The summed E-state index contributed by atoms with van der Waals surface area (Å²) in [5.74, 6) is 0.880. The average Bonchev–Trinajstić information content (AvgIpc) is 3.11. The van der Waals surface area contributed by atoms with E-state index in [1.807, 2.05) is 13.8 Å². The maximum atomic E-state index is 12.4. The lowest BCUT2D eigenvalue weighted by Gasteiger charge is -2.38. The second-order valence-electron chi connectivity index (χ2n) is 7.17. The molecule has 0 unspecified atom stereocenters. The monoisotopic (exact) mass is 384 g/mol. The molecule has 1 aromatic heterocycles. The molecule has 1 saturated heterocycles. The molecule has 0 amide bonds. The molecule has 1 aliphatic carbocycles. The fourth-order valence-corrected chi connectivity index (χ4v) is 6.43. The van der Waals surface area contributed by atoms with Crippen molar-refractivity contribution in [1.82, 2.24) is 14.9 Å². The van der Waals surface area contributed by atoms with Crippen LogP contribution in [0.1, 0.15) is 35.4 Å². The first kappa shape index (κ1) is 18.7. The molecule has 0 aromatic carbocycles. The normalized spacial score (nSPS) is 20.1. The van der Waals surface area contributed by atoms with Crippen molar-refractivity contribution in [1.29, 1.82) is 0 Å². The summed E-state index contributed by atoms with van der Waals surface area (Å²) in [4.78, 5) is 8.90. The molecule has 0 bridgehead atoms. The van der Waals surface area contributed by atoms with E-state index in [-0.39, 0.29) is 0 Å². The third-order valence-corrected chi connectivity index (χ3v) is 8.03. The molecule has 3 rings (SSSR count).